The lowest BCUT2D eigenvalue weighted by Crippen LogP contribution is -2.73. The van der Waals surface area contributed by atoms with Gasteiger partial charge in [0, 0.05) is 78.8 Å². The third-order valence-corrected chi connectivity index (χ3v) is 9.37. The average molecular weight is 603 g/mol. The van der Waals surface area contributed by atoms with E-state index >= 15 is 0 Å². The molecule has 210 valence electrons. The number of ether oxygens (including phenoxy) is 1. The molecule has 0 amide bonds. The Morgan fingerprint density at radius 2 is 1.85 bits per heavy atom. The minimum atomic E-state index is -3.13. The minimum absolute atomic E-state index is 0.0248. The number of rotatable bonds is 8. The van der Waals surface area contributed by atoms with E-state index in [1.54, 1.807) is 12.4 Å². The van der Waals surface area contributed by atoms with Gasteiger partial charge in [0.2, 0.25) is 10.0 Å². The Morgan fingerprint density at radius 1 is 1.12 bits per heavy atom. The fourth-order valence-corrected chi connectivity index (χ4v) is 7.34. The smallest absolute Gasteiger partial charge is 0.211 e. The Hall–Kier alpha value is -2.96. The van der Waals surface area contributed by atoms with Crippen LogP contribution in [0.1, 0.15) is 24.2 Å². The molecule has 2 fully saturated rings. The van der Waals surface area contributed by atoms with Crippen LogP contribution in [-0.4, -0.2) is 72.4 Å². The number of aromatic amines is 1. The molecule has 1 aromatic carbocycles. The number of anilines is 1. The van der Waals surface area contributed by atoms with Crippen molar-refractivity contribution in [2.45, 2.75) is 19.6 Å². The highest BCUT2D eigenvalue weighted by molar-refractivity contribution is 7.88. The van der Waals surface area contributed by atoms with Crippen LogP contribution < -0.4 is 15.0 Å². The van der Waals surface area contributed by atoms with E-state index in [1.807, 2.05) is 38.4 Å². The number of benzene rings is 1. The number of H-pyrrole nitrogens is 1. The second-order valence-corrected chi connectivity index (χ2v) is 13.5. The first-order valence-electron chi connectivity index (χ1n) is 12.8. The van der Waals surface area contributed by atoms with Crippen LogP contribution in [0.2, 0.25) is 10.0 Å². The highest BCUT2D eigenvalue weighted by atomic mass is 35.5. The van der Waals surface area contributed by atoms with Gasteiger partial charge in [0.05, 0.1) is 21.8 Å². The minimum Gasteiger partial charge on any atom is -0.486 e. The number of pyridine rings is 2. The van der Waals surface area contributed by atoms with Gasteiger partial charge < -0.3 is 15.0 Å². The maximum Gasteiger partial charge on any atom is 0.211 e. The van der Waals surface area contributed by atoms with E-state index in [0.29, 0.717) is 41.0 Å². The monoisotopic (exact) mass is 601 g/mol. The number of nitrogens with one attached hydrogen (secondary N) is 2. The normalized spacial score (nSPS) is 17.6. The molecule has 10 nitrogen and oxygen atoms in total. The first-order chi connectivity index (χ1) is 19.1. The number of aromatic nitrogens is 4. The highest BCUT2D eigenvalue weighted by Crippen LogP contribution is 2.43. The predicted octanol–water partition coefficient (Wildman–Crippen LogP) is 4.27. The molecule has 13 heteroatoms. The molecule has 2 aliphatic heterocycles. The molecule has 6 rings (SSSR count). The van der Waals surface area contributed by atoms with Crippen LogP contribution >= 0.6 is 23.2 Å². The quantitative estimate of drug-likeness (QED) is 0.307. The van der Waals surface area contributed by atoms with Crippen molar-refractivity contribution in [2.75, 3.05) is 44.4 Å². The Bertz CT molecular complexity index is 1680. The van der Waals surface area contributed by atoms with Crippen molar-refractivity contribution < 1.29 is 13.2 Å². The van der Waals surface area contributed by atoms with Gasteiger partial charge in [0.1, 0.15) is 23.4 Å². The second kappa shape index (κ2) is 10.1. The van der Waals surface area contributed by atoms with Gasteiger partial charge in [0.15, 0.2) is 0 Å². The molecule has 2 saturated heterocycles. The fraction of sp³-hybridized carbons (Fsp3) is 0.370. The summed E-state index contributed by atoms with van der Waals surface area (Å²) >= 11 is 12.7. The van der Waals surface area contributed by atoms with E-state index < -0.39 is 10.0 Å². The van der Waals surface area contributed by atoms with Crippen molar-refractivity contribution in [3.63, 3.8) is 0 Å². The summed E-state index contributed by atoms with van der Waals surface area (Å²) in [6.45, 7) is 5.25. The van der Waals surface area contributed by atoms with Crippen molar-refractivity contribution in [1.29, 1.82) is 0 Å². The maximum absolute atomic E-state index is 11.8. The molecule has 0 radical (unpaired) electrons. The van der Waals surface area contributed by atoms with Crippen LogP contribution in [0, 0.1) is 5.41 Å². The third-order valence-electron chi connectivity index (χ3n) is 7.57. The zero-order chi connectivity index (χ0) is 28.2. The number of nitrogens with zero attached hydrogens (tertiary/aromatic N) is 5. The molecule has 5 heterocycles. The van der Waals surface area contributed by atoms with E-state index in [1.165, 1.54) is 10.6 Å². The van der Waals surface area contributed by atoms with Crippen molar-refractivity contribution >= 4 is 49.9 Å². The lowest BCUT2D eigenvalue weighted by atomic mass is 9.74. The summed E-state index contributed by atoms with van der Waals surface area (Å²) in [6, 6.07) is 7.86. The fourth-order valence-electron chi connectivity index (χ4n) is 5.65. The summed E-state index contributed by atoms with van der Waals surface area (Å²) in [4.78, 5) is 11.1. The van der Waals surface area contributed by atoms with E-state index in [0.717, 1.165) is 46.6 Å². The van der Waals surface area contributed by atoms with Gasteiger partial charge in [-0.05, 0) is 38.2 Å². The first-order valence-corrected chi connectivity index (χ1v) is 15.4. The van der Waals surface area contributed by atoms with Crippen molar-refractivity contribution in [1.82, 2.24) is 29.8 Å². The standard InChI is InChI=1S/C27H29Cl2N7O3S/c1-16(24-21(28)10-31-11-22(24)29)39-19-4-5-23-20(7-19)25(34-33-23)17-6-18(8-30-2)26(32-9-17)35-12-27(13-35)14-36(15-27)40(3,37)38/h4-7,9-11,16,30H,8,12-15H2,1-3H3,(H,33,34)/t16-/m1/s1. The first kappa shape index (κ1) is 27.2. The van der Waals surface area contributed by atoms with Gasteiger partial charge in [-0.15, -0.1) is 0 Å². The van der Waals surface area contributed by atoms with Gasteiger partial charge >= 0.3 is 0 Å². The van der Waals surface area contributed by atoms with Gasteiger partial charge in [-0.25, -0.2) is 17.7 Å². The van der Waals surface area contributed by atoms with Gasteiger partial charge in [0.25, 0.3) is 0 Å². The molecule has 2 N–H and O–H groups in total. The molecule has 0 bridgehead atoms. The lowest BCUT2D eigenvalue weighted by Gasteiger charge is -2.59. The molecule has 3 aromatic heterocycles. The van der Waals surface area contributed by atoms with E-state index in [4.69, 9.17) is 32.9 Å². The predicted molar refractivity (Wildman–Crippen MR) is 156 cm³/mol. The van der Waals surface area contributed by atoms with Crippen LogP contribution in [0.5, 0.6) is 5.75 Å². The lowest BCUT2D eigenvalue weighted by molar-refractivity contribution is 0.0394. The van der Waals surface area contributed by atoms with Crippen LogP contribution in [0.25, 0.3) is 22.2 Å². The number of fused-ring (bicyclic) bond motifs is 1. The molecule has 0 aliphatic carbocycles. The van der Waals surface area contributed by atoms with E-state index in [9.17, 15) is 8.42 Å². The highest BCUT2D eigenvalue weighted by Gasteiger charge is 2.54. The van der Waals surface area contributed by atoms with Crippen molar-refractivity contribution in [3.05, 3.63) is 64.0 Å². The molecule has 4 aromatic rings. The number of hydrogen-bond acceptors (Lipinski definition) is 8. The molecule has 0 unspecified atom stereocenters. The molecule has 1 spiro atoms. The van der Waals surface area contributed by atoms with Gasteiger partial charge in [-0.1, -0.05) is 23.2 Å². The van der Waals surface area contributed by atoms with Crippen LogP contribution in [0.3, 0.4) is 0 Å². The van der Waals surface area contributed by atoms with Crippen LogP contribution in [0.4, 0.5) is 5.82 Å². The Labute approximate surface area is 242 Å². The topological polar surface area (TPSA) is 116 Å². The second-order valence-electron chi connectivity index (χ2n) is 10.7. The Balaban J connectivity index is 1.24. The van der Waals surface area contributed by atoms with Crippen LogP contribution in [0.15, 0.2) is 42.9 Å². The molecule has 1 atom stereocenters. The molecule has 0 saturated carbocycles. The summed E-state index contributed by atoms with van der Waals surface area (Å²) in [5.41, 5.74) is 4.28. The van der Waals surface area contributed by atoms with Gasteiger partial charge in [-0.2, -0.15) is 5.10 Å². The third kappa shape index (κ3) is 4.90. The largest absolute Gasteiger partial charge is 0.486 e. The Morgan fingerprint density at radius 3 is 2.52 bits per heavy atom. The summed E-state index contributed by atoms with van der Waals surface area (Å²) in [7, 11) is -1.23. The molecular formula is C27H29Cl2N7O3S. The molecular weight excluding hydrogens is 573 g/mol. The summed E-state index contributed by atoms with van der Waals surface area (Å²) in [5.74, 6) is 1.56. The summed E-state index contributed by atoms with van der Waals surface area (Å²) < 4.78 is 31.4. The maximum atomic E-state index is 11.8. The van der Waals surface area contributed by atoms with Crippen LogP contribution in [-0.2, 0) is 16.6 Å². The summed E-state index contributed by atoms with van der Waals surface area (Å²) in [5, 5.41) is 12.7. The van der Waals surface area contributed by atoms with E-state index in [-0.39, 0.29) is 11.5 Å². The average Bonchev–Trinajstić information content (AvgIpc) is 3.25. The molecule has 40 heavy (non-hydrogen) atoms. The number of hydrogen-bond donors (Lipinski definition) is 2. The number of halogens is 2. The number of sulfonamides is 1. The zero-order valence-corrected chi connectivity index (χ0v) is 24.6. The van der Waals surface area contributed by atoms with Crippen molar-refractivity contribution in [3.8, 4) is 17.0 Å². The van der Waals surface area contributed by atoms with Crippen molar-refractivity contribution in [2.24, 2.45) is 5.41 Å². The van der Waals surface area contributed by atoms with E-state index in [2.05, 4.69) is 31.5 Å². The molecule has 2 aliphatic rings. The zero-order valence-electron chi connectivity index (χ0n) is 22.3. The SMILES string of the molecule is CNCc1cc(-c2n[nH]c3ccc(O[C@H](C)c4c(Cl)cncc4Cl)cc23)cnc1N1CC2(C1)CN(S(C)(=O)=O)C2. The summed E-state index contributed by atoms with van der Waals surface area (Å²) in [6.07, 6.45) is 5.82. The van der Waals surface area contributed by atoms with Gasteiger partial charge in [-0.3, -0.25) is 10.1 Å². The Kier molecular flexibility index (Phi) is 6.90.